The minimum Gasteiger partial charge on any atom is -0.494 e. The number of nitrogens with zero attached hydrogens (tertiary/aromatic N) is 1. The number of amides is 1. The molecular formula is C21H27BrN2O3. The molecule has 2 heterocycles. The van der Waals surface area contributed by atoms with Crippen LogP contribution in [0.5, 0.6) is 5.75 Å². The third kappa shape index (κ3) is 6.40. The number of furan rings is 1. The van der Waals surface area contributed by atoms with Crippen molar-refractivity contribution in [1.29, 1.82) is 0 Å². The molecule has 1 amide bonds. The molecule has 1 unspecified atom stereocenters. The SMILES string of the molecule is O=C(CCCOc1cccc(Br)c1)NCC(c1ccco1)N1CCCCC1. The number of halogens is 1. The van der Waals surface area contributed by atoms with Gasteiger partial charge in [-0.15, -0.1) is 0 Å². The first-order valence-corrected chi connectivity index (χ1v) is 10.4. The molecule has 27 heavy (non-hydrogen) atoms. The number of nitrogens with one attached hydrogen (secondary N) is 1. The fourth-order valence-corrected chi connectivity index (χ4v) is 3.78. The molecule has 1 aromatic carbocycles. The van der Waals surface area contributed by atoms with Gasteiger partial charge in [0.1, 0.15) is 11.5 Å². The van der Waals surface area contributed by atoms with Crippen LogP contribution in [0, 0.1) is 0 Å². The minimum absolute atomic E-state index is 0.0569. The van der Waals surface area contributed by atoms with E-state index in [0.29, 0.717) is 26.0 Å². The summed E-state index contributed by atoms with van der Waals surface area (Å²) in [5, 5.41) is 3.07. The van der Waals surface area contributed by atoms with Crippen molar-refractivity contribution in [1.82, 2.24) is 10.2 Å². The summed E-state index contributed by atoms with van der Waals surface area (Å²) in [4.78, 5) is 14.7. The van der Waals surface area contributed by atoms with Crippen LogP contribution in [0.25, 0.3) is 0 Å². The van der Waals surface area contributed by atoms with Crippen molar-refractivity contribution in [3.63, 3.8) is 0 Å². The van der Waals surface area contributed by atoms with Gasteiger partial charge in [-0.3, -0.25) is 9.69 Å². The number of hydrogen-bond acceptors (Lipinski definition) is 4. The molecule has 0 aliphatic carbocycles. The highest BCUT2D eigenvalue weighted by molar-refractivity contribution is 9.10. The number of likely N-dealkylation sites (tertiary alicyclic amines) is 1. The molecule has 1 aliphatic heterocycles. The van der Waals surface area contributed by atoms with E-state index >= 15 is 0 Å². The van der Waals surface area contributed by atoms with Gasteiger partial charge in [0, 0.05) is 17.4 Å². The summed E-state index contributed by atoms with van der Waals surface area (Å²) in [6.07, 6.45) is 6.54. The summed E-state index contributed by atoms with van der Waals surface area (Å²) in [6, 6.07) is 11.7. The van der Waals surface area contributed by atoms with Crippen molar-refractivity contribution < 1.29 is 13.9 Å². The van der Waals surface area contributed by atoms with E-state index < -0.39 is 0 Å². The van der Waals surface area contributed by atoms with E-state index in [9.17, 15) is 4.79 Å². The van der Waals surface area contributed by atoms with Gasteiger partial charge in [-0.2, -0.15) is 0 Å². The zero-order valence-corrected chi connectivity index (χ0v) is 17.1. The van der Waals surface area contributed by atoms with Crippen LogP contribution in [0.15, 0.2) is 51.6 Å². The van der Waals surface area contributed by atoms with Crippen molar-refractivity contribution in [2.24, 2.45) is 0 Å². The van der Waals surface area contributed by atoms with Crippen LogP contribution in [-0.4, -0.2) is 37.0 Å². The molecule has 1 aliphatic rings. The number of benzene rings is 1. The smallest absolute Gasteiger partial charge is 0.220 e. The normalized spacial score (nSPS) is 16.0. The molecule has 146 valence electrons. The predicted octanol–water partition coefficient (Wildman–Crippen LogP) is 4.54. The Balaban J connectivity index is 1.41. The number of carbonyl (C=O) groups excluding carboxylic acids is 1. The average Bonchev–Trinajstić information content (AvgIpc) is 3.21. The van der Waals surface area contributed by atoms with Crippen LogP contribution >= 0.6 is 15.9 Å². The van der Waals surface area contributed by atoms with E-state index in [1.54, 1.807) is 6.26 Å². The van der Waals surface area contributed by atoms with Crippen molar-refractivity contribution in [3.05, 3.63) is 52.9 Å². The second kappa shape index (κ2) is 10.5. The van der Waals surface area contributed by atoms with Crippen LogP contribution in [0.2, 0.25) is 0 Å². The first kappa shape index (κ1) is 20.0. The lowest BCUT2D eigenvalue weighted by atomic mass is 10.1. The highest BCUT2D eigenvalue weighted by atomic mass is 79.9. The highest BCUT2D eigenvalue weighted by Gasteiger charge is 2.24. The van der Waals surface area contributed by atoms with Gasteiger partial charge in [0.05, 0.1) is 18.9 Å². The molecular weight excluding hydrogens is 408 g/mol. The van der Waals surface area contributed by atoms with Gasteiger partial charge in [0.2, 0.25) is 5.91 Å². The van der Waals surface area contributed by atoms with E-state index in [4.69, 9.17) is 9.15 Å². The van der Waals surface area contributed by atoms with Gasteiger partial charge in [-0.05, 0) is 62.7 Å². The summed E-state index contributed by atoms with van der Waals surface area (Å²) in [5.41, 5.74) is 0. The fourth-order valence-electron chi connectivity index (χ4n) is 3.40. The lowest BCUT2D eigenvalue weighted by molar-refractivity contribution is -0.121. The Hall–Kier alpha value is -1.79. The van der Waals surface area contributed by atoms with Crippen LogP contribution < -0.4 is 10.1 Å². The molecule has 1 N–H and O–H groups in total. The van der Waals surface area contributed by atoms with Crippen molar-refractivity contribution >= 4 is 21.8 Å². The zero-order chi connectivity index (χ0) is 18.9. The minimum atomic E-state index is 0.0569. The van der Waals surface area contributed by atoms with Crippen molar-refractivity contribution in [2.45, 2.75) is 38.1 Å². The lowest BCUT2D eigenvalue weighted by Crippen LogP contribution is -2.40. The molecule has 0 radical (unpaired) electrons. The average molecular weight is 435 g/mol. The van der Waals surface area contributed by atoms with Gasteiger partial charge in [0.25, 0.3) is 0 Å². The first-order chi connectivity index (χ1) is 13.2. The Kier molecular flexibility index (Phi) is 7.78. The van der Waals surface area contributed by atoms with Gasteiger partial charge in [-0.25, -0.2) is 0 Å². The van der Waals surface area contributed by atoms with E-state index in [1.807, 2.05) is 36.4 Å². The molecule has 3 rings (SSSR count). The van der Waals surface area contributed by atoms with Gasteiger partial charge >= 0.3 is 0 Å². The fraction of sp³-hybridized carbons (Fsp3) is 0.476. The summed E-state index contributed by atoms with van der Waals surface area (Å²) in [7, 11) is 0. The van der Waals surface area contributed by atoms with Crippen LogP contribution in [0.4, 0.5) is 0 Å². The number of rotatable bonds is 9. The molecule has 0 spiro atoms. The van der Waals surface area contributed by atoms with Gasteiger partial charge < -0.3 is 14.5 Å². The van der Waals surface area contributed by atoms with E-state index in [1.165, 1.54) is 19.3 Å². The van der Waals surface area contributed by atoms with Gasteiger partial charge in [-0.1, -0.05) is 28.4 Å². The summed E-state index contributed by atoms with van der Waals surface area (Å²) in [6.45, 7) is 3.22. The Morgan fingerprint density at radius 2 is 2.07 bits per heavy atom. The Morgan fingerprint density at radius 3 is 2.81 bits per heavy atom. The summed E-state index contributed by atoms with van der Waals surface area (Å²) >= 11 is 3.42. The standard InChI is InChI=1S/C21H27BrN2O3/c22-17-7-4-8-18(15-17)26-13-6-10-21(25)23-16-19(20-9-5-14-27-20)24-11-2-1-3-12-24/h4-5,7-9,14-15,19H,1-3,6,10-13,16H2,(H,23,25). The first-order valence-electron chi connectivity index (χ1n) is 9.65. The Labute approximate surface area is 169 Å². The predicted molar refractivity (Wildman–Crippen MR) is 109 cm³/mol. The maximum Gasteiger partial charge on any atom is 0.220 e. The molecule has 1 aromatic heterocycles. The van der Waals surface area contributed by atoms with Crippen molar-refractivity contribution in [3.8, 4) is 5.75 Å². The number of hydrogen-bond donors (Lipinski definition) is 1. The van der Waals surface area contributed by atoms with Crippen molar-refractivity contribution in [2.75, 3.05) is 26.2 Å². The van der Waals surface area contributed by atoms with Gasteiger partial charge in [0.15, 0.2) is 0 Å². The highest BCUT2D eigenvalue weighted by Crippen LogP contribution is 2.24. The number of piperidine rings is 1. The molecule has 2 aromatic rings. The molecule has 1 saturated heterocycles. The second-order valence-electron chi connectivity index (χ2n) is 6.84. The van der Waals surface area contributed by atoms with Crippen LogP contribution in [-0.2, 0) is 4.79 Å². The van der Waals surface area contributed by atoms with E-state index in [-0.39, 0.29) is 11.9 Å². The number of carbonyl (C=O) groups is 1. The third-order valence-electron chi connectivity index (χ3n) is 4.81. The summed E-state index contributed by atoms with van der Waals surface area (Å²) < 4.78 is 12.3. The molecule has 0 bridgehead atoms. The molecule has 6 heteroatoms. The molecule has 5 nitrogen and oxygen atoms in total. The van der Waals surface area contributed by atoms with Crippen LogP contribution in [0.1, 0.15) is 43.9 Å². The lowest BCUT2D eigenvalue weighted by Gasteiger charge is -2.33. The molecule has 0 saturated carbocycles. The third-order valence-corrected chi connectivity index (χ3v) is 5.30. The molecule has 1 fully saturated rings. The maximum absolute atomic E-state index is 12.2. The molecule has 1 atom stereocenters. The van der Waals surface area contributed by atoms with E-state index in [2.05, 4.69) is 26.1 Å². The topological polar surface area (TPSA) is 54.7 Å². The number of ether oxygens (including phenoxy) is 1. The monoisotopic (exact) mass is 434 g/mol. The Morgan fingerprint density at radius 1 is 1.22 bits per heavy atom. The quantitative estimate of drug-likeness (QED) is 0.588. The van der Waals surface area contributed by atoms with Crippen LogP contribution in [0.3, 0.4) is 0 Å². The largest absolute Gasteiger partial charge is 0.494 e. The second-order valence-corrected chi connectivity index (χ2v) is 7.76. The Bertz CT molecular complexity index is 699. The maximum atomic E-state index is 12.2. The van der Waals surface area contributed by atoms with E-state index in [0.717, 1.165) is 29.1 Å². The summed E-state index contributed by atoms with van der Waals surface area (Å²) in [5.74, 6) is 1.80. The zero-order valence-electron chi connectivity index (χ0n) is 15.5.